The topological polar surface area (TPSA) is 91.2 Å². The number of anilines is 1. The first kappa shape index (κ1) is 17.0. The Labute approximate surface area is 140 Å². The molecule has 6 heteroatoms. The highest BCUT2D eigenvalue weighted by molar-refractivity contribution is 6.04. The molecule has 24 heavy (non-hydrogen) atoms. The molecule has 2 aromatic rings. The lowest BCUT2D eigenvalue weighted by atomic mass is 10.1. The van der Waals surface area contributed by atoms with E-state index >= 15 is 0 Å². The average Bonchev–Trinajstić information content (AvgIpc) is 2.61. The molecule has 0 aliphatic heterocycles. The third kappa shape index (κ3) is 4.58. The molecule has 122 valence electrons. The van der Waals surface area contributed by atoms with Crippen molar-refractivity contribution < 1.29 is 14.3 Å². The van der Waals surface area contributed by atoms with Gasteiger partial charge in [-0.15, -0.1) is 0 Å². The number of carbonyl (C=O) groups excluding carboxylic acids is 2. The fraction of sp³-hybridized carbons (Fsp3) is 0.167. The van der Waals surface area contributed by atoms with Gasteiger partial charge in [0.25, 0.3) is 5.91 Å². The minimum Gasteiger partial charge on any atom is -0.497 e. The lowest BCUT2D eigenvalue weighted by Gasteiger charge is -2.12. The van der Waals surface area contributed by atoms with E-state index in [4.69, 9.17) is 10.00 Å². The van der Waals surface area contributed by atoms with Gasteiger partial charge in [0.05, 0.1) is 13.2 Å². The summed E-state index contributed by atoms with van der Waals surface area (Å²) in [7, 11) is 1.56. The van der Waals surface area contributed by atoms with E-state index in [1.807, 2.05) is 6.07 Å². The van der Waals surface area contributed by atoms with E-state index in [9.17, 15) is 9.59 Å². The van der Waals surface area contributed by atoms with Crippen molar-refractivity contribution in [3.8, 4) is 11.8 Å². The Bertz CT molecular complexity index is 764. The van der Waals surface area contributed by atoms with Gasteiger partial charge in [-0.1, -0.05) is 18.2 Å². The second-order valence-corrected chi connectivity index (χ2v) is 4.95. The molecule has 0 heterocycles. The van der Waals surface area contributed by atoms with Crippen LogP contribution in [0.1, 0.15) is 22.3 Å². The van der Waals surface area contributed by atoms with Gasteiger partial charge >= 0.3 is 0 Å². The first-order valence-corrected chi connectivity index (χ1v) is 7.31. The van der Waals surface area contributed by atoms with Gasteiger partial charge in [-0.05, 0) is 35.9 Å². The fourth-order valence-electron chi connectivity index (χ4n) is 2.06. The normalized spacial score (nSPS) is 9.67. The van der Waals surface area contributed by atoms with E-state index in [0.717, 1.165) is 5.56 Å². The summed E-state index contributed by atoms with van der Waals surface area (Å²) in [6.45, 7) is 0.236. The quantitative estimate of drug-likeness (QED) is 0.854. The fourth-order valence-corrected chi connectivity index (χ4v) is 2.06. The Hall–Kier alpha value is -3.33. The highest BCUT2D eigenvalue weighted by atomic mass is 16.5. The number of nitriles is 1. The Kier molecular flexibility index (Phi) is 5.92. The molecule has 0 fully saturated rings. The van der Waals surface area contributed by atoms with Gasteiger partial charge in [-0.3, -0.25) is 9.59 Å². The summed E-state index contributed by atoms with van der Waals surface area (Å²) in [5, 5.41) is 14.0. The zero-order chi connectivity index (χ0) is 17.4. The summed E-state index contributed by atoms with van der Waals surface area (Å²) in [6.07, 6.45) is -0.194. The minimum atomic E-state index is -0.353. The molecule has 2 amide bonds. The molecule has 0 saturated carbocycles. The first-order chi connectivity index (χ1) is 11.6. The summed E-state index contributed by atoms with van der Waals surface area (Å²) in [4.78, 5) is 23.7. The molecule has 0 atom stereocenters. The molecular weight excluding hydrogens is 306 g/mol. The average molecular weight is 323 g/mol. The molecule has 2 N–H and O–H groups in total. The standard InChI is InChI=1S/C18H17N3O3/c1-24-15-8-6-13(7-9-15)18(23)21-16-5-3-2-4-14(16)12-20-17(22)10-11-19/h2-9H,10,12H2,1H3,(H,20,22)(H,21,23). The third-order valence-corrected chi connectivity index (χ3v) is 3.33. The number of nitrogens with one attached hydrogen (secondary N) is 2. The van der Waals surface area contributed by atoms with Crippen molar-refractivity contribution in [1.29, 1.82) is 5.26 Å². The van der Waals surface area contributed by atoms with Crippen molar-refractivity contribution in [2.45, 2.75) is 13.0 Å². The van der Waals surface area contributed by atoms with Crippen LogP contribution in [0.5, 0.6) is 5.75 Å². The van der Waals surface area contributed by atoms with Crippen molar-refractivity contribution in [1.82, 2.24) is 5.32 Å². The van der Waals surface area contributed by atoms with Crippen LogP contribution in [0.4, 0.5) is 5.69 Å². The largest absolute Gasteiger partial charge is 0.497 e. The lowest BCUT2D eigenvalue weighted by Crippen LogP contribution is -2.23. The molecule has 0 unspecified atom stereocenters. The van der Waals surface area contributed by atoms with Crippen LogP contribution in [0.25, 0.3) is 0 Å². The third-order valence-electron chi connectivity index (χ3n) is 3.33. The zero-order valence-corrected chi connectivity index (χ0v) is 13.2. The number of amides is 2. The van der Waals surface area contributed by atoms with Gasteiger partial charge in [0, 0.05) is 17.8 Å². The Morgan fingerprint density at radius 3 is 2.50 bits per heavy atom. The predicted octanol–water partition coefficient (Wildman–Crippen LogP) is 2.48. The molecule has 0 bridgehead atoms. The van der Waals surface area contributed by atoms with Crippen LogP contribution in [0.15, 0.2) is 48.5 Å². The summed E-state index contributed by atoms with van der Waals surface area (Å²) < 4.78 is 5.07. The van der Waals surface area contributed by atoms with Gasteiger partial charge in [-0.25, -0.2) is 0 Å². The molecule has 0 aromatic heterocycles. The minimum absolute atomic E-state index is 0.194. The molecule has 2 rings (SSSR count). The summed E-state index contributed by atoms with van der Waals surface area (Å²) in [5.74, 6) is 0.0643. The van der Waals surface area contributed by atoms with Crippen LogP contribution < -0.4 is 15.4 Å². The van der Waals surface area contributed by atoms with E-state index in [1.54, 1.807) is 55.6 Å². The number of hydrogen-bond donors (Lipinski definition) is 2. The number of ether oxygens (including phenoxy) is 1. The van der Waals surface area contributed by atoms with Crippen molar-refractivity contribution in [2.24, 2.45) is 0 Å². The van der Waals surface area contributed by atoms with Crippen LogP contribution in [-0.4, -0.2) is 18.9 Å². The highest BCUT2D eigenvalue weighted by Gasteiger charge is 2.10. The van der Waals surface area contributed by atoms with Gasteiger partial charge in [0.15, 0.2) is 0 Å². The van der Waals surface area contributed by atoms with Gasteiger partial charge in [0.1, 0.15) is 12.2 Å². The van der Waals surface area contributed by atoms with E-state index in [1.165, 1.54) is 0 Å². The first-order valence-electron chi connectivity index (χ1n) is 7.31. The van der Waals surface area contributed by atoms with E-state index < -0.39 is 0 Å². The number of nitrogens with zero attached hydrogens (tertiary/aromatic N) is 1. The molecule has 0 spiro atoms. The molecule has 2 aromatic carbocycles. The number of carbonyl (C=O) groups is 2. The molecule has 0 saturated heterocycles. The summed E-state index contributed by atoms with van der Waals surface area (Å²) in [6, 6.07) is 15.7. The van der Waals surface area contributed by atoms with Crippen LogP contribution in [0.3, 0.4) is 0 Å². The Morgan fingerprint density at radius 2 is 1.83 bits per heavy atom. The SMILES string of the molecule is COc1ccc(C(=O)Nc2ccccc2CNC(=O)CC#N)cc1. The van der Waals surface area contributed by atoms with Crippen molar-refractivity contribution in [3.05, 3.63) is 59.7 Å². The maximum atomic E-state index is 12.3. The van der Waals surface area contributed by atoms with E-state index in [-0.39, 0.29) is 24.8 Å². The molecule has 0 aliphatic carbocycles. The second kappa shape index (κ2) is 8.34. The summed E-state index contributed by atoms with van der Waals surface area (Å²) >= 11 is 0. The molecular formula is C18H17N3O3. The number of para-hydroxylation sites is 1. The Morgan fingerprint density at radius 1 is 1.12 bits per heavy atom. The van der Waals surface area contributed by atoms with E-state index in [2.05, 4.69) is 10.6 Å². The van der Waals surface area contributed by atoms with Crippen molar-refractivity contribution >= 4 is 17.5 Å². The smallest absolute Gasteiger partial charge is 0.255 e. The van der Waals surface area contributed by atoms with Crippen LogP contribution in [0.2, 0.25) is 0 Å². The highest BCUT2D eigenvalue weighted by Crippen LogP contribution is 2.17. The van der Waals surface area contributed by atoms with Crippen LogP contribution >= 0.6 is 0 Å². The zero-order valence-electron chi connectivity index (χ0n) is 13.2. The lowest BCUT2D eigenvalue weighted by molar-refractivity contribution is -0.120. The predicted molar refractivity (Wildman–Crippen MR) is 89.5 cm³/mol. The second-order valence-electron chi connectivity index (χ2n) is 4.95. The number of hydrogen-bond acceptors (Lipinski definition) is 4. The summed E-state index contributed by atoms with van der Waals surface area (Å²) in [5.41, 5.74) is 1.86. The molecule has 0 aliphatic rings. The van der Waals surface area contributed by atoms with Gasteiger partial charge in [0.2, 0.25) is 5.91 Å². The van der Waals surface area contributed by atoms with Crippen molar-refractivity contribution in [2.75, 3.05) is 12.4 Å². The maximum absolute atomic E-state index is 12.3. The molecule has 6 nitrogen and oxygen atoms in total. The molecule has 0 radical (unpaired) electrons. The van der Waals surface area contributed by atoms with Crippen LogP contribution in [0, 0.1) is 11.3 Å². The van der Waals surface area contributed by atoms with Gasteiger partial charge < -0.3 is 15.4 Å². The van der Waals surface area contributed by atoms with Crippen LogP contribution in [-0.2, 0) is 11.3 Å². The number of rotatable bonds is 6. The number of benzene rings is 2. The number of methoxy groups -OCH3 is 1. The van der Waals surface area contributed by atoms with Crippen molar-refractivity contribution in [3.63, 3.8) is 0 Å². The van der Waals surface area contributed by atoms with E-state index in [0.29, 0.717) is 17.0 Å². The maximum Gasteiger partial charge on any atom is 0.255 e. The van der Waals surface area contributed by atoms with Gasteiger partial charge in [-0.2, -0.15) is 5.26 Å². The Balaban J connectivity index is 2.07. The monoisotopic (exact) mass is 323 g/mol.